The second-order valence-corrected chi connectivity index (χ2v) is 9.80. The largest absolute Gasteiger partial charge is 0.573 e. The highest BCUT2D eigenvalue weighted by Crippen LogP contribution is 2.39. The van der Waals surface area contributed by atoms with Gasteiger partial charge >= 0.3 is 12.5 Å². The van der Waals surface area contributed by atoms with E-state index in [2.05, 4.69) is 9.47 Å². The minimum Gasteiger partial charge on any atom is -0.429 e. The van der Waals surface area contributed by atoms with E-state index in [-0.39, 0.29) is 41.7 Å². The first kappa shape index (κ1) is 35.0. The molecule has 0 aromatic heterocycles. The first-order chi connectivity index (χ1) is 22.0. The van der Waals surface area contributed by atoms with Crippen LogP contribution in [-0.2, 0) is 6.11 Å². The Kier molecular flexibility index (Phi) is 10.3. The average Bonchev–Trinajstić information content (AvgIpc) is 2.97. The summed E-state index contributed by atoms with van der Waals surface area (Å²) in [6.45, 7) is 1.73. The van der Waals surface area contributed by atoms with E-state index in [9.17, 15) is 43.9 Å². The maximum atomic E-state index is 15.1. The number of rotatable bonds is 10. The molecule has 2 nitrogen and oxygen atoms in total. The van der Waals surface area contributed by atoms with Gasteiger partial charge in [-0.3, -0.25) is 0 Å². The SMILES string of the molecule is CC=CCCC(F)=C(F)c1ccc(-c2cc(F)c(-c3ccc(C(F)(F)Oc4cc(F)c(OC(F)(F)F)c(F)c4)c(F)c3)c(F)c2)cc1. The van der Waals surface area contributed by atoms with Gasteiger partial charge in [0.15, 0.2) is 17.5 Å². The van der Waals surface area contributed by atoms with Crippen molar-refractivity contribution in [1.29, 1.82) is 0 Å². The zero-order valence-electron chi connectivity index (χ0n) is 23.8. The molecule has 0 aliphatic carbocycles. The van der Waals surface area contributed by atoms with Gasteiger partial charge in [0, 0.05) is 24.1 Å². The van der Waals surface area contributed by atoms with Crippen molar-refractivity contribution in [3.8, 4) is 33.8 Å². The fourth-order valence-corrected chi connectivity index (χ4v) is 4.39. The smallest absolute Gasteiger partial charge is 0.429 e. The third kappa shape index (κ3) is 8.29. The first-order valence-corrected chi connectivity index (χ1v) is 13.4. The van der Waals surface area contributed by atoms with Crippen LogP contribution >= 0.6 is 0 Å². The molecule has 0 atom stereocenters. The van der Waals surface area contributed by atoms with Crippen molar-refractivity contribution in [3.63, 3.8) is 0 Å². The molecular weight excluding hydrogens is 656 g/mol. The molecule has 0 spiro atoms. The van der Waals surface area contributed by atoms with E-state index < -0.39 is 81.4 Å². The molecule has 4 aromatic carbocycles. The first-order valence-electron chi connectivity index (χ1n) is 13.4. The highest BCUT2D eigenvalue weighted by molar-refractivity contribution is 5.73. The minimum atomic E-state index is -5.50. The van der Waals surface area contributed by atoms with Gasteiger partial charge in [0.25, 0.3) is 0 Å². The third-order valence-corrected chi connectivity index (χ3v) is 6.53. The summed E-state index contributed by atoms with van der Waals surface area (Å²) in [6.07, 6.45) is -6.72. The number of halogens is 12. The highest BCUT2D eigenvalue weighted by atomic mass is 19.4. The molecule has 4 rings (SSSR count). The Balaban J connectivity index is 1.57. The molecule has 0 bridgehead atoms. The molecule has 0 radical (unpaired) electrons. The lowest BCUT2D eigenvalue weighted by atomic mass is 9.97. The lowest BCUT2D eigenvalue weighted by molar-refractivity contribution is -0.276. The van der Waals surface area contributed by atoms with Crippen molar-refractivity contribution in [2.45, 2.75) is 32.2 Å². The number of benzene rings is 4. The normalized spacial score (nSPS) is 12.8. The molecule has 0 N–H and O–H groups in total. The number of ether oxygens (including phenoxy) is 2. The van der Waals surface area contributed by atoms with Crippen LogP contribution in [0, 0.1) is 29.1 Å². The highest BCUT2D eigenvalue weighted by Gasteiger charge is 2.39. The van der Waals surface area contributed by atoms with Gasteiger partial charge in [-0.05, 0) is 54.3 Å². The Morgan fingerprint density at radius 2 is 1.21 bits per heavy atom. The van der Waals surface area contributed by atoms with Gasteiger partial charge in [0.2, 0.25) is 5.75 Å². The lowest BCUT2D eigenvalue weighted by Gasteiger charge is -2.20. The molecule has 0 unspecified atom stereocenters. The summed E-state index contributed by atoms with van der Waals surface area (Å²) in [5, 5.41) is 0. The zero-order chi connectivity index (χ0) is 34.7. The van der Waals surface area contributed by atoms with Crippen LogP contribution in [0.3, 0.4) is 0 Å². The molecule has 47 heavy (non-hydrogen) atoms. The average molecular weight is 676 g/mol. The van der Waals surface area contributed by atoms with Crippen molar-refractivity contribution in [2.24, 2.45) is 0 Å². The molecule has 0 heterocycles. The molecule has 0 saturated heterocycles. The van der Waals surface area contributed by atoms with E-state index in [0.717, 1.165) is 12.1 Å². The minimum absolute atomic E-state index is 0.0450. The second kappa shape index (κ2) is 13.9. The summed E-state index contributed by atoms with van der Waals surface area (Å²) < 4.78 is 175. The molecule has 248 valence electrons. The van der Waals surface area contributed by atoms with Crippen LogP contribution in [0.1, 0.15) is 30.9 Å². The Labute approximate surface area is 259 Å². The fourth-order valence-electron chi connectivity index (χ4n) is 4.39. The molecule has 0 aliphatic rings. The number of hydrogen-bond donors (Lipinski definition) is 0. The number of alkyl halides is 5. The summed E-state index contributed by atoms with van der Waals surface area (Å²) in [5.41, 5.74) is -2.86. The van der Waals surface area contributed by atoms with E-state index in [4.69, 9.17) is 0 Å². The Bertz CT molecular complexity index is 1780. The van der Waals surface area contributed by atoms with Gasteiger partial charge in [-0.15, -0.1) is 13.2 Å². The van der Waals surface area contributed by atoms with Crippen LogP contribution in [0.4, 0.5) is 52.7 Å². The monoisotopic (exact) mass is 676 g/mol. The quantitative estimate of drug-likeness (QED) is 0.123. The molecule has 0 aliphatic heterocycles. The van der Waals surface area contributed by atoms with Crippen LogP contribution in [0.5, 0.6) is 11.5 Å². The predicted molar refractivity (Wildman–Crippen MR) is 148 cm³/mol. The van der Waals surface area contributed by atoms with Gasteiger partial charge in [-0.25, -0.2) is 30.7 Å². The number of allylic oxidation sites excluding steroid dienone is 3. The van der Waals surface area contributed by atoms with Gasteiger partial charge in [0.1, 0.15) is 29.0 Å². The van der Waals surface area contributed by atoms with Crippen molar-refractivity contribution < 1.29 is 62.2 Å². The fraction of sp³-hybridized carbons (Fsp3) is 0.152. The molecule has 0 amide bonds. The van der Waals surface area contributed by atoms with Crippen LogP contribution < -0.4 is 9.47 Å². The van der Waals surface area contributed by atoms with E-state index in [1.54, 1.807) is 19.1 Å². The van der Waals surface area contributed by atoms with Crippen molar-refractivity contribution in [1.82, 2.24) is 0 Å². The van der Waals surface area contributed by atoms with E-state index in [1.165, 1.54) is 24.3 Å². The topological polar surface area (TPSA) is 18.5 Å². The van der Waals surface area contributed by atoms with Gasteiger partial charge in [0.05, 0.1) is 11.1 Å². The summed E-state index contributed by atoms with van der Waals surface area (Å²) >= 11 is 0. The van der Waals surface area contributed by atoms with Crippen LogP contribution in [0.15, 0.2) is 84.7 Å². The molecule has 14 heteroatoms. The third-order valence-electron chi connectivity index (χ3n) is 6.53. The van der Waals surface area contributed by atoms with Gasteiger partial charge in [-0.2, -0.15) is 8.78 Å². The van der Waals surface area contributed by atoms with Crippen molar-refractivity contribution >= 4 is 5.83 Å². The lowest BCUT2D eigenvalue weighted by Crippen LogP contribution is -2.24. The summed E-state index contributed by atoms with van der Waals surface area (Å²) in [6, 6.07) is 7.97. The Morgan fingerprint density at radius 3 is 1.74 bits per heavy atom. The standard InChI is InChI=1S/C33H20F12O2/c1-2-3-4-5-23(34)30(40)18-8-6-17(7-9-18)20-13-25(36)29(26(37)14-20)19-10-11-22(24(35)12-19)32(41,42)46-21-15-27(38)31(28(39)16-21)47-33(43,44)45/h2-3,6-16H,4-5H2,1H3. The van der Waals surface area contributed by atoms with Crippen LogP contribution in [-0.4, -0.2) is 6.36 Å². The predicted octanol–water partition coefficient (Wildman–Crippen LogP) is 11.7. The van der Waals surface area contributed by atoms with Crippen molar-refractivity contribution in [2.75, 3.05) is 0 Å². The molecular formula is C33H20F12O2. The molecule has 0 saturated carbocycles. The summed E-state index contributed by atoms with van der Waals surface area (Å²) in [5.74, 6) is -13.7. The van der Waals surface area contributed by atoms with E-state index >= 15 is 8.78 Å². The van der Waals surface area contributed by atoms with Crippen molar-refractivity contribution in [3.05, 3.63) is 125 Å². The second-order valence-electron chi connectivity index (χ2n) is 9.80. The Hall–Kier alpha value is -4.88. The molecule has 4 aromatic rings. The molecule has 0 fully saturated rings. The summed E-state index contributed by atoms with van der Waals surface area (Å²) in [4.78, 5) is 0. The van der Waals surface area contributed by atoms with Crippen LogP contribution in [0.2, 0.25) is 0 Å². The van der Waals surface area contributed by atoms with E-state index in [1.807, 2.05) is 0 Å². The maximum Gasteiger partial charge on any atom is 0.573 e. The Morgan fingerprint density at radius 1 is 0.660 bits per heavy atom. The van der Waals surface area contributed by atoms with Gasteiger partial charge < -0.3 is 9.47 Å². The zero-order valence-corrected chi connectivity index (χ0v) is 23.8. The van der Waals surface area contributed by atoms with Gasteiger partial charge in [-0.1, -0.05) is 42.5 Å². The van der Waals surface area contributed by atoms with Crippen LogP contribution in [0.25, 0.3) is 28.1 Å². The maximum absolute atomic E-state index is 15.1. The number of hydrogen-bond acceptors (Lipinski definition) is 2. The van der Waals surface area contributed by atoms with E-state index in [0.29, 0.717) is 18.2 Å². The summed E-state index contributed by atoms with van der Waals surface area (Å²) in [7, 11) is 0.